The summed E-state index contributed by atoms with van der Waals surface area (Å²) in [6, 6.07) is 1.39. The Morgan fingerprint density at radius 3 is 2.28 bits per heavy atom. The number of hydrogen-bond acceptors (Lipinski definition) is 2. The first-order valence-corrected chi connectivity index (χ1v) is 8.20. The molecule has 0 spiro atoms. The fourth-order valence-electron chi connectivity index (χ4n) is 4.13. The van der Waals surface area contributed by atoms with Crippen molar-refractivity contribution in [2.75, 3.05) is 13.1 Å². The Morgan fingerprint density at radius 1 is 1.00 bits per heavy atom. The summed E-state index contributed by atoms with van der Waals surface area (Å²) in [6.07, 6.45) is 11.4. The fraction of sp³-hybridized carbons (Fsp3) is 1.00. The Morgan fingerprint density at radius 2 is 1.67 bits per heavy atom. The van der Waals surface area contributed by atoms with Crippen LogP contribution in [0.5, 0.6) is 0 Å². The van der Waals surface area contributed by atoms with Gasteiger partial charge in [0.25, 0.3) is 0 Å². The van der Waals surface area contributed by atoms with Crippen LogP contribution in [0.15, 0.2) is 0 Å². The highest BCUT2D eigenvalue weighted by molar-refractivity contribution is 4.88. The molecule has 3 unspecified atom stereocenters. The third-order valence-electron chi connectivity index (χ3n) is 5.53. The lowest BCUT2D eigenvalue weighted by atomic mass is 9.85. The van der Waals surface area contributed by atoms with Crippen LogP contribution < -0.4 is 5.73 Å². The first-order valence-electron chi connectivity index (χ1n) is 8.20. The van der Waals surface area contributed by atoms with Crippen LogP contribution in [0.25, 0.3) is 0 Å². The summed E-state index contributed by atoms with van der Waals surface area (Å²) >= 11 is 0. The van der Waals surface area contributed by atoms with Gasteiger partial charge in [0.1, 0.15) is 0 Å². The molecule has 2 nitrogen and oxygen atoms in total. The van der Waals surface area contributed by atoms with E-state index < -0.39 is 0 Å². The number of piperidine rings is 1. The zero-order valence-corrected chi connectivity index (χ0v) is 12.4. The van der Waals surface area contributed by atoms with Gasteiger partial charge in [0.2, 0.25) is 0 Å². The molecule has 18 heavy (non-hydrogen) atoms. The van der Waals surface area contributed by atoms with Crippen LogP contribution in [0.1, 0.15) is 65.2 Å². The molecule has 0 aromatic carbocycles. The molecule has 106 valence electrons. The van der Waals surface area contributed by atoms with E-state index in [1.54, 1.807) is 0 Å². The van der Waals surface area contributed by atoms with E-state index in [1.807, 2.05) is 0 Å². The second-order valence-electron chi connectivity index (χ2n) is 6.65. The van der Waals surface area contributed by atoms with Gasteiger partial charge < -0.3 is 5.73 Å². The maximum Gasteiger partial charge on any atom is 0.0249 e. The highest BCUT2D eigenvalue weighted by atomic mass is 15.2. The number of rotatable bonds is 3. The van der Waals surface area contributed by atoms with Crippen LogP contribution in [0.4, 0.5) is 0 Å². The van der Waals surface area contributed by atoms with Gasteiger partial charge >= 0.3 is 0 Å². The van der Waals surface area contributed by atoms with Gasteiger partial charge in [0.15, 0.2) is 0 Å². The molecular formula is C16H32N2. The lowest BCUT2D eigenvalue weighted by molar-refractivity contribution is 0.0396. The minimum Gasteiger partial charge on any atom is -0.329 e. The molecule has 0 aromatic rings. The molecule has 3 atom stereocenters. The first kappa shape index (κ1) is 14.3. The van der Waals surface area contributed by atoms with Gasteiger partial charge in [-0.25, -0.2) is 0 Å². The largest absolute Gasteiger partial charge is 0.329 e. The summed E-state index contributed by atoms with van der Waals surface area (Å²) in [4.78, 5) is 2.75. The quantitative estimate of drug-likeness (QED) is 0.780. The smallest absolute Gasteiger partial charge is 0.0249 e. The van der Waals surface area contributed by atoms with Crippen molar-refractivity contribution in [3.63, 3.8) is 0 Å². The summed E-state index contributed by atoms with van der Waals surface area (Å²) in [5.74, 6) is 1.71. The van der Waals surface area contributed by atoms with Crippen molar-refractivity contribution in [3.05, 3.63) is 0 Å². The Bertz CT molecular complexity index is 233. The van der Waals surface area contributed by atoms with Crippen molar-refractivity contribution >= 4 is 0 Å². The van der Waals surface area contributed by atoms with Gasteiger partial charge in [-0.05, 0) is 51.0 Å². The number of nitrogens with zero attached hydrogens (tertiary/aromatic N) is 1. The average molecular weight is 252 g/mol. The molecular weight excluding hydrogens is 220 g/mol. The molecule has 1 saturated carbocycles. The Labute approximate surface area is 113 Å². The van der Waals surface area contributed by atoms with E-state index in [4.69, 9.17) is 5.73 Å². The lowest BCUT2D eigenvalue weighted by Crippen LogP contribution is -2.53. The third-order valence-corrected chi connectivity index (χ3v) is 5.53. The van der Waals surface area contributed by atoms with E-state index in [2.05, 4.69) is 18.7 Å². The van der Waals surface area contributed by atoms with Crippen molar-refractivity contribution in [2.45, 2.75) is 77.3 Å². The van der Waals surface area contributed by atoms with Crippen molar-refractivity contribution in [1.29, 1.82) is 0 Å². The molecule has 1 heterocycles. The van der Waals surface area contributed by atoms with E-state index in [0.29, 0.717) is 6.04 Å². The van der Waals surface area contributed by atoms with E-state index >= 15 is 0 Å². The van der Waals surface area contributed by atoms with E-state index in [9.17, 15) is 0 Å². The van der Waals surface area contributed by atoms with Crippen LogP contribution >= 0.6 is 0 Å². The molecule has 0 amide bonds. The molecule has 2 aliphatic rings. The molecule has 0 bridgehead atoms. The number of hydrogen-bond donors (Lipinski definition) is 1. The number of likely N-dealkylation sites (tertiary alicyclic amines) is 1. The lowest BCUT2D eigenvalue weighted by Gasteiger charge is -2.45. The molecule has 2 heteroatoms. The van der Waals surface area contributed by atoms with Crippen LogP contribution in [-0.4, -0.2) is 30.1 Å². The molecule has 1 aliphatic heterocycles. The normalized spacial score (nSPS) is 34.2. The predicted octanol–water partition coefficient (Wildman–Crippen LogP) is 3.40. The van der Waals surface area contributed by atoms with Gasteiger partial charge in [0.05, 0.1) is 0 Å². The predicted molar refractivity (Wildman–Crippen MR) is 78.6 cm³/mol. The Balaban J connectivity index is 2.01. The summed E-state index contributed by atoms with van der Waals surface area (Å²) in [6.45, 7) is 6.98. The fourth-order valence-corrected chi connectivity index (χ4v) is 4.13. The first-order chi connectivity index (χ1) is 8.74. The summed E-state index contributed by atoms with van der Waals surface area (Å²) < 4.78 is 0. The molecule has 1 saturated heterocycles. The van der Waals surface area contributed by atoms with Gasteiger partial charge in [-0.1, -0.05) is 32.6 Å². The second kappa shape index (κ2) is 6.91. The zero-order chi connectivity index (χ0) is 13.0. The van der Waals surface area contributed by atoms with E-state index in [-0.39, 0.29) is 0 Å². The van der Waals surface area contributed by atoms with Gasteiger partial charge in [0, 0.05) is 18.6 Å². The highest BCUT2D eigenvalue weighted by Crippen LogP contribution is 2.32. The van der Waals surface area contributed by atoms with Crippen molar-refractivity contribution in [3.8, 4) is 0 Å². The monoisotopic (exact) mass is 252 g/mol. The highest BCUT2D eigenvalue weighted by Gasteiger charge is 2.33. The summed E-state index contributed by atoms with van der Waals surface area (Å²) in [7, 11) is 0. The van der Waals surface area contributed by atoms with E-state index in [0.717, 1.165) is 24.4 Å². The standard InChI is InChI=1S/C16H32N2/c1-13-8-7-11-18(14(13)2)16(12-17)15-9-5-3-4-6-10-15/h13-16H,3-12,17H2,1-2H3. The summed E-state index contributed by atoms with van der Waals surface area (Å²) in [5, 5.41) is 0. The summed E-state index contributed by atoms with van der Waals surface area (Å²) in [5.41, 5.74) is 6.15. The molecule has 2 rings (SSSR count). The molecule has 2 N–H and O–H groups in total. The number of nitrogens with two attached hydrogens (primary N) is 1. The van der Waals surface area contributed by atoms with Crippen molar-refractivity contribution < 1.29 is 0 Å². The van der Waals surface area contributed by atoms with Crippen molar-refractivity contribution in [2.24, 2.45) is 17.6 Å². The Kier molecular flexibility index (Phi) is 5.50. The van der Waals surface area contributed by atoms with Crippen LogP contribution in [0.3, 0.4) is 0 Å². The van der Waals surface area contributed by atoms with Crippen LogP contribution in [0.2, 0.25) is 0 Å². The SMILES string of the molecule is CC1CCCN(C(CN)C2CCCCCC2)C1C. The van der Waals surface area contributed by atoms with Gasteiger partial charge in [-0.2, -0.15) is 0 Å². The van der Waals surface area contributed by atoms with Crippen LogP contribution in [0, 0.1) is 11.8 Å². The van der Waals surface area contributed by atoms with E-state index in [1.165, 1.54) is 57.9 Å². The minimum atomic E-state index is 0.654. The molecule has 0 aromatic heterocycles. The van der Waals surface area contributed by atoms with Crippen molar-refractivity contribution in [1.82, 2.24) is 4.90 Å². The maximum atomic E-state index is 6.15. The van der Waals surface area contributed by atoms with Gasteiger partial charge in [-0.15, -0.1) is 0 Å². The maximum absolute atomic E-state index is 6.15. The molecule has 1 aliphatic carbocycles. The van der Waals surface area contributed by atoms with Crippen LogP contribution in [-0.2, 0) is 0 Å². The average Bonchev–Trinajstić information content (AvgIpc) is 2.64. The second-order valence-corrected chi connectivity index (χ2v) is 6.65. The van der Waals surface area contributed by atoms with Gasteiger partial charge in [-0.3, -0.25) is 4.90 Å². The third kappa shape index (κ3) is 3.27. The minimum absolute atomic E-state index is 0.654. The topological polar surface area (TPSA) is 29.3 Å². The molecule has 0 radical (unpaired) electrons. The Hall–Kier alpha value is -0.0800. The molecule has 2 fully saturated rings. The zero-order valence-electron chi connectivity index (χ0n) is 12.4.